The van der Waals surface area contributed by atoms with Crippen LogP contribution < -0.4 is 5.56 Å². The van der Waals surface area contributed by atoms with Crippen LogP contribution in [0.5, 0.6) is 0 Å². The molecule has 0 fully saturated rings. The van der Waals surface area contributed by atoms with E-state index >= 15 is 0 Å². The summed E-state index contributed by atoms with van der Waals surface area (Å²) >= 11 is 0. The highest BCUT2D eigenvalue weighted by atomic mass is 16.5. The zero-order valence-electron chi connectivity index (χ0n) is 13.6. The Morgan fingerprint density at radius 2 is 2.00 bits per heavy atom. The molecule has 3 rings (SSSR count). The van der Waals surface area contributed by atoms with Gasteiger partial charge in [-0.15, -0.1) is 0 Å². The molecule has 0 amide bonds. The van der Waals surface area contributed by atoms with Crippen molar-refractivity contribution < 1.29 is 4.52 Å². The van der Waals surface area contributed by atoms with Gasteiger partial charge in [0.15, 0.2) is 0 Å². The molecule has 7 heteroatoms. The number of hydrogen-bond donors (Lipinski definition) is 0. The Hall–Kier alpha value is -3.27. The summed E-state index contributed by atoms with van der Waals surface area (Å²) in [5, 5.41) is 17.3. The SMILES string of the molecule is Cc1ccccc1-c1noc(Cn2nc(C)c(C)c(C#N)c2=O)n1. The van der Waals surface area contributed by atoms with Crippen molar-refractivity contribution in [1.82, 2.24) is 19.9 Å². The highest BCUT2D eigenvalue weighted by Gasteiger charge is 2.15. The molecule has 0 saturated carbocycles. The molecule has 0 radical (unpaired) electrons. The Bertz CT molecular complexity index is 1010. The van der Waals surface area contributed by atoms with Gasteiger partial charge in [0.25, 0.3) is 5.56 Å². The highest BCUT2D eigenvalue weighted by molar-refractivity contribution is 5.58. The van der Waals surface area contributed by atoms with E-state index in [0.29, 0.717) is 17.1 Å². The summed E-state index contributed by atoms with van der Waals surface area (Å²) in [7, 11) is 0. The van der Waals surface area contributed by atoms with Gasteiger partial charge in [-0.1, -0.05) is 29.4 Å². The van der Waals surface area contributed by atoms with Crippen LogP contribution in [0.2, 0.25) is 0 Å². The molecule has 2 aromatic heterocycles. The third-order valence-electron chi connectivity index (χ3n) is 3.89. The van der Waals surface area contributed by atoms with Gasteiger partial charge in [-0.25, -0.2) is 4.68 Å². The van der Waals surface area contributed by atoms with Crippen LogP contribution in [0.3, 0.4) is 0 Å². The zero-order valence-corrected chi connectivity index (χ0v) is 13.6. The van der Waals surface area contributed by atoms with E-state index < -0.39 is 5.56 Å². The molecule has 0 atom stereocenters. The second-order valence-electron chi connectivity index (χ2n) is 5.49. The van der Waals surface area contributed by atoms with Gasteiger partial charge in [0.2, 0.25) is 11.7 Å². The topological polar surface area (TPSA) is 97.6 Å². The fourth-order valence-corrected chi connectivity index (χ4v) is 2.39. The molecule has 3 aromatic rings. The summed E-state index contributed by atoms with van der Waals surface area (Å²) in [6.07, 6.45) is 0. The molecule has 0 aliphatic heterocycles. The molecule has 2 heterocycles. The van der Waals surface area contributed by atoms with Crippen molar-refractivity contribution in [2.75, 3.05) is 0 Å². The number of benzene rings is 1. The van der Waals surface area contributed by atoms with Crippen LogP contribution in [0.25, 0.3) is 11.4 Å². The molecule has 7 nitrogen and oxygen atoms in total. The Labute approximate surface area is 138 Å². The third kappa shape index (κ3) is 2.70. The maximum Gasteiger partial charge on any atom is 0.285 e. The molecule has 0 saturated heterocycles. The largest absolute Gasteiger partial charge is 0.337 e. The Kier molecular flexibility index (Phi) is 3.96. The van der Waals surface area contributed by atoms with Crippen LogP contribution in [0, 0.1) is 32.1 Å². The standard InChI is InChI=1S/C17H15N5O2/c1-10-6-4-5-7-13(10)16-19-15(24-21-16)9-22-17(23)14(8-18)11(2)12(3)20-22/h4-7H,9H2,1-3H3. The van der Waals surface area contributed by atoms with Gasteiger partial charge in [-0.3, -0.25) is 4.79 Å². The van der Waals surface area contributed by atoms with E-state index in [-0.39, 0.29) is 18.0 Å². The first-order valence-corrected chi connectivity index (χ1v) is 7.38. The lowest BCUT2D eigenvalue weighted by molar-refractivity contribution is 0.362. The van der Waals surface area contributed by atoms with Crippen molar-refractivity contribution >= 4 is 0 Å². The van der Waals surface area contributed by atoms with Crippen molar-refractivity contribution in [3.63, 3.8) is 0 Å². The molecule has 0 aliphatic rings. The first-order chi connectivity index (χ1) is 11.5. The summed E-state index contributed by atoms with van der Waals surface area (Å²) in [5.41, 5.74) is 2.72. The summed E-state index contributed by atoms with van der Waals surface area (Å²) in [6, 6.07) is 9.62. The molecule has 1 aromatic carbocycles. The number of aromatic nitrogens is 4. The first kappa shape index (κ1) is 15.6. The number of aryl methyl sites for hydroxylation is 2. The van der Waals surface area contributed by atoms with Crippen molar-refractivity contribution in [3.05, 3.63) is 62.9 Å². The predicted molar refractivity (Wildman–Crippen MR) is 86.3 cm³/mol. The fraction of sp³-hybridized carbons (Fsp3) is 0.235. The van der Waals surface area contributed by atoms with E-state index in [4.69, 9.17) is 9.78 Å². The molecule has 0 bridgehead atoms. The predicted octanol–water partition coefficient (Wildman–Crippen LogP) is 2.14. The normalized spacial score (nSPS) is 10.6. The van der Waals surface area contributed by atoms with Crippen molar-refractivity contribution in [2.24, 2.45) is 0 Å². The monoisotopic (exact) mass is 321 g/mol. The van der Waals surface area contributed by atoms with Gasteiger partial charge in [0.05, 0.1) is 5.69 Å². The quantitative estimate of drug-likeness (QED) is 0.733. The van der Waals surface area contributed by atoms with E-state index in [1.165, 1.54) is 4.68 Å². The van der Waals surface area contributed by atoms with Gasteiger partial charge in [0, 0.05) is 5.56 Å². The van der Waals surface area contributed by atoms with E-state index in [1.54, 1.807) is 13.8 Å². The van der Waals surface area contributed by atoms with E-state index in [2.05, 4.69) is 15.2 Å². The fourth-order valence-electron chi connectivity index (χ4n) is 2.39. The molecule has 24 heavy (non-hydrogen) atoms. The minimum absolute atomic E-state index is 0.0213. The zero-order chi connectivity index (χ0) is 17.3. The van der Waals surface area contributed by atoms with Crippen LogP contribution in [-0.4, -0.2) is 19.9 Å². The van der Waals surface area contributed by atoms with E-state index in [1.807, 2.05) is 37.3 Å². The Morgan fingerprint density at radius 1 is 1.25 bits per heavy atom. The van der Waals surface area contributed by atoms with E-state index in [0.717, 1.165) is 11.1 Å². The minimum atomic E-state index is -0.462. The van der Waals surface area contributed by atoms with Crippen LogP contribution in [0.4, 0.5) is 0 Å². The van der Waals surface area contributed by atoms with Crippen LogP contribution in [0.1, 0.15) is 28.3 Å². The van der Waals surface area contributed by atoms with Crippen molar-refractivity contribution in [2.45, 2.75) is 27.3 Å². The Morgan fingerprint density at radius 3 is 2.71 bits per heavy atom. The highest BCUT2D eigenvalue weighted by Crippen LogP contribution is 2.19. The second kappa shape index (κ2) is 6.08. The number of nitrogens with zero attached hydrogens (tertiary/aromatic N) is 5. The molecule has 120 valence electrons. The molecule has 0 aliphatic carbocycles. The third-order valence-corrected chi connectivity index (χ3v) is 3.89. The Balaban J connectivity index is 1.97. The maximum atomic E-state index is 12.3. The van der Waals surface area contributed by atoms with Gasteiger partial charge in [-0.2, -0.15) is 15.3 Å². The average molecular weight is 321 g/mol. The summed E-state index contributed by atoms with van der Waals surface area (Å²) in [6.45, 7) is 5.43. The molecule has 0 unspecified atom stereocenters. The molecule has 0 N–H and O–H groups in total. The lowest BCUT2D eigenvalue weighted by Gasteiger charge is -2.06. The van der Waals surface area contributed by atoms with Crippen molar-refractivity contribution in [3.8, 4) is 17.5 Å². The minimum Gasteiger partial charge on any atom is -0.337 e. The molecular weight excluding hydrogens is 306 g/mol. The second-order valence-corrected chi connectivity index (χ2v) is 5.49. The number of nitriles is 1. The molecule has 0 spiro atoms. The van der Waals surface area contributed by atoms with Crippen LogP contribution in [0.15, 0.2) is 33.6 Å². The van der Waals surface area contributed by atoms with Crippen LogP contribution in [-0.2, 0) is 6.54 Å². The van der Waals surface area contributed by atoms with Gasteiger partial charge in [-0.05, 0) is 31.9 Å². The molecular formula is C17H15N5O2. The smallest absolute Gasteiger partial charge is 0.285 e. The lowest BCUT2D eigenvalue weighted by atomic mass is 10.1. The first-order valence-electron chi connectivity index (χ1n) is 7.38. The number of hydrogen-bond acceptors (Lipinski definition) is 6. The summed E-state index contributed by atoms with van der Waals surface area (Å²) < 4.78 is 6.41. The average Bonchev–Trinajstić information content (AvgIpc) is 3.02. The number of rotatable bonds is 3. The van der Waals surface area contributed by atoms with Crippen molar-refractivity contribution in [1.29, 1.82) is 5.26 Å². The van der Waals surface area contributed by atoms with Gasteiger partial charge in [0.1, 0.15) is 18.2 Å². The van der Waals surface area contributed by atoms with Crippen LogP contribution >= 0.6 is 0 Å². The summed E-state index contributed by atoms with van der Waals surface area (Å²) in [4.78, 5) is 16.6. The summed E-state index contributed by atoms with van der Waals surface area (Å²) in [5.74, 6) is 0.718. The van der Waals surface area contributed by atoms with Gasteiger partial charge >= 0.3 is 0 Å². The van der Waals surface area contributed by atoms with Gasteiger partial charge < -0.3 is 4.52 Å². The lowest BCUT2D eigenvalue weighted by Crippen LogP contribution is -2.28. The maximum absolute atomic E-state index is 12.3. The van der Waals surface area contributed by atoms with E-state index in [9.17, 15) is 4.79 Å².